The van der Waals surface area contributed by atoms with E-state index in [9.17, 15) is 19.5 Å². The Hall–Kier alpha value is -2.45. The van der Waals surface area contributed by atoms with Crippen molar-refractivity contribution in [3.8, 4) is 0 Å². The Balaban J connectivity index is 4.18. The highest BCUT2D eigenvalue weighted by Crippen LogP contribution is 2.16. The van der Waals surface area contributed by atoms with Crippen LogP contribution in [0.25, 0.3) is 0 Å². The number of nitrogens with zero attached hydrogens (tertiary/aromatic N) is 1. The highest BCUT2D eigenvalue weighted by atomic mass is 16.6. The zero-order valence-electron chi connectivity index (χ0n) is 45.6. The molecule has 0 spiro atoms. The van der Waals surface area contributed by atoms with Crippen LogP contribution in [-0.4, -0.2) is 80.6 Å². The predicted molar refractivity (Wildman–Crippen MR) is 289 cm³/mol. The van der Waals surface area contributed by atoms with Crippen LogP contribution in [-0.2, 0) is 28.6 Å². The Kier molecular flexibility index (Phi) is 49.1. The summed E-state index contributed by atoms with van der Waals surface area (Å²) in [5, 5.41) is 9.68. The first-order chi connectivity index (χ1) is 33.1. The van der Waals surface area contributed by atoms with Crippen LogP contribution in [0.5, 0.6) is 0 Å². The van der Waals surface area contributed by atoms with Gasteiger partial charge in [-0.2, -0.15) is 0 Å². The molecule has 0 aromatic heterocycles. The van der Waals surface area contributed by atoms with Gasteiger partial charge in [-0.05, 0) is 70.6 Å². The smallest absolute Gasteiger partial charge is 0.362 e. The molecule has 0 aromatic rings. The number of rotatable bonds is 53. The van der Waals surface area contributed by atoms with Gasteiger partial charge < -0.3 is 23.8 Å². The molecule has 2 atom stereocenters. The van der Waals surface area contributed by atoms with Crippen molar-refractivity contribution in [1.82, 2.24) is 0 Å². The number of esters is 2. The third-order valence-corrected chi connectivity index (χ3v) is 13.3. The van der Waals surface area contributed by atoms with Crippen LogP contribution in [0.1, 0.15) is 277 Å². The van der Waals surface area contributed by atoms with Crippen molar-refractivity contribution in [3.63, 3.8) is 0 Å². The van der Waals surface area contributed by atoms with Crippen LogP contribution < -0.4 is 0 Å². The Bertz CT molecular complexity index is 1210. The monoisotopic (exact) mass is 959 g/mol. The summed E-state index contributed by atoms with van der Waals surface area (Å²) in [5.41, 5.74) is 0. The van der Waals surface area contributed by atoms with Crippen LogP contribution in [0.4, 0.5) is 0 Å². The molecule has 0 aliphatic carbocycles. The molecule has 2 unspecified atom stereocenters. The molecule has 0 amide bonds. The van der Waals surface area contributed by atoms with Crippen molar-refractivity contribution in [1.29, 1.82) is 0 Å². The lowest BCUT2D eigenvalue weighted by Crippen LogP contribution is -2.50. The summed E-state index contributed by atoms with van der Waals surface area (Å²) >= 11 is 0. The van der Waals surface area contributed by atoms with Gasteiger partial charge in [-0.15, -0.1) is 0 Å². The van der Waals surface area contributed by atoms with E-state index < -0.39 is 18.1 Å². The van der Waals surface area contributed by atoms with Crippen molar-refractivity contribution in [3.05, 3.63) is 36.5 Å². The number of aliphatic carboxylic acids is 1. The van der Waals surface area contributed by atoms with Gasteiger partial charge in [0, 0.05) is 19.3 Å². The zero-order chi connectivity index (χ0) is 49.9. The molecule has 0 aliphatic rings. The maximum atomic E-state index is 12.8. The zero-order valence-corrected chi connectivity index (χ0v) is 45.6. The van der Waals surface area contributed by atoms with Crippen LogP contribution >= 0.6 is 0 Å². The van der Waals surface area contributed by atoms with E-state index in [1.165, 1.54) is 193 Å². The van der Waals surface area contributed by atoms with Crippen molar-refractivity contribution in [2.24, 2.45) is 0 Å². The van der Waals surface area contributed by atoms with E-state index in [1.807, 2.05) is 21.1 Å². The van der Waals surface area contributed by atoms with E-state index in [0.717, 1.165) is 51.4 Å². The van der Waals surface area contributed by atoms with Crippen LogP contribution in [0.15, 0.2) is 36.5 Å². The fourth-order valence-corrected chi connectivity index (χ4v) is 8.77. The number of allylic oxidation sites excluding steroid dienone is 6. The molecule has 398 valence electrons. The largest absolute Gasteiger partial charge is 0.477 e. The molecule has 0 saturated carbocycles. The lowest BCUT2D eigenvalue weighted by atomic mass is 10.1. The minimum absolute atomic E-state index is 0.0547. The minimum atomic E-state index is -0.874. The first-order valence-corrected chi connectivity index (χ1v) is 29.0. The molecule has 0 saturated heterocycles. The number of carbonyl (C=O) groups is 3. The normalized spacial score (nSPS) is 13.0. The van der Waals surface area contributed by atoms with Crippen molar-refractivity contribution >= 4 is 17.9 Å². The standard InChI is InChI=1S/C60H111NO7/c1-6-8-10-12-14-16-18-20-22-24-26-28-29-31-32-34-36-38-40-42-44-46-48-50-58(62)67-55-56(54-66-53-52-57(60(64)65)61(3,4)5)68-59(63)51-49-47-45-43-41-39-37-35-33-30-27-25-23-21-19-17-15-13-11-9-7-2/h26,28,30-33,56-57H,6-25,27,29,34-55H2,1-5H3/p+1/b28-26+,32-31+,33-30+. The van der Waals surface area contributed by atoms with Gasteiger partial charge in [0.25, 0.3) is 0 Å². The van der Waals surface area contributed by atoms with Gasteiger partial charge in [0.1, 0.15) is 6.61 Å². The molecule has 1 N–H and O–H groups in total. The first-order valence-electron chi connectivity index (χ1n) is 29.0. The van der Waals surface area contributed by atoms with Crippen molar-refractivity contribution < 1.29 is 38.2 Å². The summed E-state index contributed by atoms with van der Waals surface area (Å²) in [7, 11) is 5.54. The Morgan fingerprint density at radius 1 is 0.441 bits per heavy atom. The number of carboxylic acids is 1. The second-order valence-corrected chi connectivity index (χ2v) is 20.9. The maximum Gasteiger partial charge on any atom is 0.362 e. The van der Waals surface area contributed by atoms with Gasteiger partial charge in [-0.1, -0.05) is 224 Å². The summed E-state index contributed by atoms with van der Waals surface area (Å²) in [6, 6.07) is -0.617. The third kappa shape index (κ3) is 48.6. The number of ether oxygens (including phenoxy) is 3. The van der Waals surface area contributed by atoms with Gasteiger partial charge >= 0.3 is 17.9 Å². The molecule has 0 aliphatic heterocycles. The van der Waals surface area contributed by atoms with Gasteiger partial charge in [0.05, 0.1) is 34.4 Å². The van der Waals surface area contributed by atoms with E-state index in [2.05, 4.69) is 50.3 Å². The lowest BCUT2D eigenvalue weighted by molar-refractivity contribution is -0.887. The van der Waals surface area contributed by atoms with Crippen LogP contribution in [0, 0.1) is 0 Å². The number of likely N-dealkylation sites (N-methyl/N-ethyl adjacent to an activating group) is 1. The molecular formula is C60H112NO7+. The van der Waals surface area contributed by atoms with Crippen LogP contribution in [0.2, 0.25) is 0 Å². The molecule has 0 fully saturated rings. The summed E-state index contributed by atoms with van der Waals surface area (Å²) in [5.74, 6) is -1.47. The summed E-state index contributed by atoms with van der Waals surface area (Å²) in [4.78, 5) is 37.3. The fraction of sp³-hybridized carbons (Fsp3) is 0.850. The van der Waals surface area contributed by atoms with Crippen molar-refractivity contribution in [2.45, 2.75) is 289 Å². The van der Waals surface area contributed by atoms with E-state index in [-0.39, 0.29) is 36.2 Å². The lowest BCUT2D eigenvalue weighted by Gasteiger charge is -2.31. The Morgan fingerprint density at radius 3 is 1.15 bits per heavy atom. The highest BCUT2D eigenvalue weighted by molar-refractivity contribution is 5.72. The number of unbranched alkanes of at least 4 members (excludes halogenated alkanes) is 33. The topological polar surface area (TPSA) is 99.1 Å². The minimum Gasteiger partial charge on any atom is -0.477 e. The summed E-state index contributed by atoms with van der Waals surface area (Å²) < 4.78 is 17.4. The number of quaternary nitrogens is 1. The van der Waals surface area contributed by atoms with Crippen molar-refractivity contribution in [2.75, 3.05) is 41.0 Å². The fourth-order valence-electron chi connectivity index (χ4n) is 8.77. The third-order valence-electron chi connectivity index (χ3n) is 13.3. The predicted octanol–water partition coefficient (Wildman–Crippen LogP) is 17.3. The molecule has 68 heavy (non-hydrogen) atoms. The molecule has 8 nitrogen and oxygen atoms in total. The highest BCUT2D eigenvalue weighted by Gasteiger charge is 2.31. The van der Waals surface area contributed by atoms with Gasteiger partial charge in [-0.3, -0.25) is 9.59 Å². The Morgan fingerprint density at radius 2 is 0.779 bits per heavy atom. The van der Waals surface area contributed by atoms with E-state index in [0.29, 0.717) is 19.3 Å². The maximum absolute atomic E-state index is 12.8. The molecule has 0 heterocycles. The van der Waals surface area contributed by atoms with E-state index in [1.54, 1.807) is 0 Å². The van der Waals surface area contributed by atoms with E-state index >= 15 is 0 Å². The van der Waals surface area contributed by atoms with Crippen LogP contribution in [0.3, 0.4) is 0 Å². The van der Waals surface area contributed by atoms with E-state index in [4.69, 9.17) is 14.2 Å². The second kappa shape index (κ2) is 50.9. The number of hydrogen-bond donors (Lipinski definition) is 1. The molecular weight excluding hydrogens is 847 g/mol. The molecule has 0 radical (unpaired) electrons. The van der Waals surface area contributed by atoms with Gasteiger partial charge in [-0.25, -0.2) is 4.79 Å². The quantitative estimate of drug-likeness (QED) is 0.0281. The number of carbonyl (C=O) groups excluding carboxylic acids is 2. The summed E-state index contributed by atoms with van der Waals surface area (Å²) in [6.07, 6.45) is 62.1. The average molecular weight is 960 g/mol. The number of hydrogen-bond acceptors (Lipinski definition) is 6. The molecule has 0 bridgehead atoms. The first kappa shape index (κ1) is 65.5. The molecule has 0 rings (SSSR count). The second-order valence-electron chi connectivity index (χ2n) is 20.9. The SMILES string of the molecule is CCCCCCCCCCC/C=C/C/C=C/CCCCCCCCCC(=O)OCC(COCCC(C(=O)O)[N+](C)(C)C)OC(=O)CCCCCCCCC/C=C/CCCCCCCCCCCC. The molecule has 8 heteroatoms. The van der Waals surface area contributed by atoms with Gasteiger partial charge in [0.15, 0.2) is 12.1 Å². The van der Waals surface area contributed by atoms with Gasteiger partial charge in [0.2, 0.25) is 0 Å². The molecule has 0 aromatic carbocycles. The number of carboxylic acid groups (broad SMARTS) is 1. The Labute approximate surface area is 421 Å². The average Bonchev–Trinajstić information content (AvgIpc) is 3.30. The summed E-state index contributed by atoms with van der Waals surface area (Å²) in [6.45, 7) is 4.77.